The molecule has 2 aliphatic rings. The number of fused-ring (bicyclic) bond motifs is 1. The number of β-lactam (4-membered cyclic amide) rings is 1. The number of carbonyl (C=O) groups excluding carboxylic acids is 2. The standard InChI is InChI=1S/C19H19N11O5S3/c1-29-19(25-27-28-29)38-6-8-5-36-16-12(15(32)30(16)13(8)17(33)34)24-14(31)11(9-7-37-18(20)23-9)26-35-4-10-21-2-3-22-10/h2-3,7,12,16H,4-6H2,1H3,(H2,20,23)(H,21,22)(H,24,31)(H,33,34)/t12-,16-/m1/s1. The number of carboxylic acid groups (broad SMARTS) is 1. The molecular weight excluding hydrogens is 558 g/mol. The summed E-state index contributed by atoms with van der Waals surface area (Å²) in [5, 5.41) is 29.3. The molecular formula is C19H19N11O5S3. The van der Waals surface area contributed by atoms with Crippen LogP contribution >= 0.6 is 34.9 Å². The zero-order chi connectivity index (χ0) is 26.8. The van der Waals surface area contributed by atoms with Gasteiger partial charge in [-0.1, -0.05) is 16.9 Å². The molecule has 0 unspecified atom stereocenters. The predicted octanol–water partition coefficient (Wildman–Crippen LogP) is -0.576. The van der Waals surface area contributed by atoms with Crippen molar-refractivity contribution in [2.45, 2.75) is 23.2 Å². The smallest absolute Gasteiger partial charge is 0.352 e. The zero-order valence-electron chi connectivity index (χ0n) is 19.5. The van der Waals surface area contributed by atoms with Crippen LogP contribution in [0.25, 0.3) is 0 Å². The molecule has 0 saturated carbocycles. The number of nitrogens with two attached hydrogens (primary N) is 1. The Balaban J connectivity index is 1.30. The summed E-state index contributed by atoms with van der Waals surface area (Å²) in [7, 11) is 1.67. The Labute approximate surface area is 226 Å². The van der Waals surface area contributed by atoms with E-state index in [1.54, 1.807) is 19.4 Å². The van der Waals surface area contributed by atoms with Gasteiger partial charge in [-0.25, -0.2) is 19.4 Å². The maximum absolute atomic E-state index is 13.2. The summed E-state index contributed by atoms with van der Waals surface area (Å²) < 4.78 is 1.47. The van der Waals surface area contributed by atoms with Gasteiger partial charge >= 0.3 is 5.97 Å². The van der Waals surface area contributed by atoms with Gasteiger partial charge in [0.15, 0.2) is 17.5 Å². The average molecular weight is 578 g/mol. The summed E-state index contributed by atoms with van der Waals surface area (Å²) in [5.41, 5.74) is 6.16. The third-order valence-corrected chi connectivity index (χ3v) is 8.50. The summed E-state index contributed by atoms with van der Waals surface area (Å²) >= 11 is 3.72. The number of rotatable bonds is 10. The van der Waals surface area contributed by atoms with Crippen molar-refractivity contribution in [1.29, 1.82) is 0 Å². The summed E-state index contributed by atoms with van der Waals surface area (Å²) in [6.07, 6.45) is 3.16. The van der Waals surface area contributed by atoms with Crippen LogP contribution in [-0.4, -0.2) is 91.6 Å². The van der Waals surface area contributed by atoms with Gasteiger partial charge in [-0.05, 0) is 16.0 Å². The van der Waals surface area contributed by atoms with Crippen molar-refractivity contribution in [1.82, 2.24) is 45.4 Å². The Kier molecular flexibility index (Phi) is 7.29. The Bertz CT molecular complexity index is 1430. The molecule has 16 nitrogen and oxygen atoms in total. The molecule has 1 fully saturated rings. The number of aryl methyl sites for hydroxylation is 1. The minimum absolute atomic E-state index is 0.0318. The first-order valence-electron chi connectivity index (χ1n) is 10.8. The number of hydrogen-bond donors (Lipinski definition) is 4. The number of H-pyrrole nitrogens is 1. The highest BCUT2D eigenvalue weighted by atomic mass is 32.2. The molecule has 3 aromatic heterocycles. The normalized spacial score (nSPS) is 19.2. The van der Waals surface area contributed by atoms with E-state index in [9.17, 15) is 19.5 Å². The van der Waals surface area contributed by atoms with E-state index < -0.39 is 29.2 Å². The van der Waals surface area contributed by atoms with Crippen LogP contribution in [0, 0.1) is 0 Å². The number of nitrogens with one attached hydrogen (secondary N) is 2. The summed E-state index contributed by atoms with van der Waals surface area (Å²) in [6.45, 7) is -0.0318. The van der Waals surface area contributed by atoms with Crippen molar-refractivity contribution < 1.29 is 24.3 Å². The number of thioether (sulfide) groups is 2. The number of nitrogen functional groups attached to an aromatic ring is 1. The van der Waals surface area contributed by atoms with Crippen LogP contribution in [0.2, 0.25) is 0 Å². The van der Waals surface area contributed by atoms with Crippen molar-refractivity contribution in [3.8, 4) is 0 Å². The lowest BCUT2D eigenvalue weighted by Gasteiger charge is -2.49. The second-order valence-corrected chi connectivity index (χ2v) is 10.7. The van der Waals surface area contributed by atoms with Crippen LogP contribution < -0.4 is 11.1 Å². The number of aromatic amines is 1. The van der Waals surface area contributed by atoms with Crippen molar-refractivity contribution in [3.63, 3.8) is 0 Å². The minimum Gasteiger partial charge on any atom is -0.477 e. The molecule has 5 rings (SSSR count). The first-order chi connectivity index (χ1) is 18.3. The van der Waals surface area contributed by atoms with Gasteiger partial charge < -0.3 is 26.0 Å². The first kappa shape index (κ1) is 25.7. The molecule has 0 spiro atoms. The molecule has 2 aliphatic heterocycles. The molecule has 2 atom stereocenters. The van der Waals surface area contributed by atoms with Crippen LogP contribution in [-0.2, 0) is 32.9 Å². The molecule has 0 bridgehead atoms. The highest BCUT2D eigenvalue weighted by molar-refractivity contribution is 8.01. The van der Waals surface area contributed by atoms with Gasteiger partial charge in [0.25, 0.3) is 11.8 Å². The van der Waals surface area contributed by atoms with Gasteiger partial charge in [0, 0.05) is 36.3 Å². The molecule has 3 aromatic rings. The van der Waals surface area contributed by atoms with Crippen molar-refractivity contribution in [2.24, 2.45) is 12.2 Å². The van der Waals surface area contributed by atoms with Gasteiger partial charge in [-0.15, -0.1) is 28.2 Å². The molecule has 5 N–H and O–H groups in total. The van der Waals surface area contributed by atoms with E-state index in [-0.39, 0.29) is 34.6 Å². The number of oxime groups is 1. The number of aromatic nitrogens is 7. The van der Waals surface area contributed by atoms with Crippen LogP contribution in [0.4, 0.5) is 5.13 Å². The Hall–Kier alpha value is -3.97. The SMILES string of the molecule is Cn1nnnc1SCC1=C(C(=O)O)N2C(=O)[C@@H](NC(=O)C(=NOCc3ncc[nH]3)c3csc(N)n3)[C@H]2SC1. The number of thiazole rings is 1. The lowest BCUT2D eigenvalue weighted by Crippen LogP contribution is -2.71. The molecule has 0 radical (unpaired) electrons. The molecule has 5 heterocycles. The van der Waals surface area contributed by atoms with Gasteiger partial charge in [-0.3, -0.25) is 14.5 Å². The van der Waals surface area contributed by atoms with Crippen LogP contribution in [0.5, 0.6) is 0 Å². The lowest BCUT2D eigenvalue weighted by molar-refractivity contribution is -0.150. The molecule has 0 aliphatic carbocycles. The zero-order valence-corrected chi connectivity index (χ0v) is 21.9. The van der Waals surface area contributed by atoms with E-state index in [1.165, 1.54) is 38.5 Å². The summed E-state index contributed by atoms with van der Waals surface area (Å²) in [5.74, 6) is -1.38. The average Bonchev–Trinajstić information content (AvgIpc) is 3.66. The number of imidazole rings is 1. The van der Waals surface area contributed by atoms with E-state index in [2.05, 4.69) is 40.9 Å². The maximum atomic E-state index is 13.2. The third-order valence-electron chi connectivity index (χ3n) is 5.38. The first-order valence-corrected chi connectivity index (χ1v) is 13.7. The van der Waals surface area contributed by atoms with E-state index in [0.29, 0.717) is 22.3 Å². The Morgan fingerprint density at radius 3 is 2.95 bits per heavy atom. The second-order valence-electron chi connectivity index (χ2n) is 7.81. The number of amides is 2. The van der Waals surface area contributed by atoms with Crippen molar-refractivity contribution in [3.05, 3.63) is 40.6 Å². The van der Waals surface area contributed by atoms with Crippen LogP contribution in [0.1, 0.15) is 11.5 Å². The Morgan fingerprint density at radius 2 is 2.29 bits per heavy atom. The van der Waals surface area contributed by atoms with Gasteiger partial charge in [0.2, 0.25) is 5.16 Å². The fraction of sp³-hybridized carbons (Fsp3) is 0.316. The molecule has 2 amide bonds. The molecule has 19 heteroatoms. The van der Waals surface area contributed by atoms with Gasteiger partial charge in [0.1, 0.15) is 28.6 Å². The predicted molar refractivity (Wildman–Crippen MR) is 136 cm³/mol. The molecule has 198 valence electrons. The van der Waals surface area contributed by atoms with Crippen molar-refractivity contribution >= 4 is 63.5 Å². The summed E-state index contributed by atoms with van der Waals surface area (Å²) in [6, 6.07) is -0.967. The van der Waals surface area contributed by atoms with Gasteiger partial charge in [-0.2, -0.15) is 0 Å². The Morgan fingerprint density at radius 1 is 1.45 bits per heavy atom. The number of carbonyl (C=O) groups is 3. The van der Waals surface area contributed by atoms with E-state index in [1.807, 2.05) is 0 Å². The van der Waals surface area contributed by atoms with E-state index in [0.717, 1.165) is 11.3 Å². The van der Waals surface area contributed by atoms with E-state index in [4.69, 9.17) is 10.6 Å². The minimum atomic E-state index is -1.23. The molecule has 1 saturated heterocycles. The number of carboxylic acids is 1. The lowest BCUT2D eigenvalue weighted by atomic mass is 10.0. The number of tetrazole rings is 1. The second kappa shape index (κ2) is 10.8. The van der Waals surface area contributed by atoms with Crippen LogP contribution in [0.3, 0.4) is 0 Å². The van der Waals surface area contributed by atoms with Crippen LogP contribution in [0.15, 0.2) is 39.4 Å². The third kappa shape index (κ3) is 5.07. The fourth-order valence-electron chi connectivity index (χ4n) is 3.63. The highest BCUT2D eigenvalue weighted by Gasteiger charge is 2.54. The number of hydrogen-bond acceptors (Lipinski definition) is 14. The number of aliphatic carboxylic acids is 1. The number of nitrogens with zero attached hydrogens (tertiary/aromatic N) is 8. The summed E-state index contributed by atoms with van der Waals surface area (Å²) in [4.78, 5) is 55.7. The molecule has 0 aromatic carbocycles. The van der Waals surface area contributed by atoms with Gasteiger partial charge in [0.05, 0.1) is 0 Å². The monoisotopic (exact) mass is 577 g/mol. The van der Waals surface area contributed by atoms with Crippen molar-refractivity contribution in [2.75, 3.05) is 17.2 Å². The molecule has 38 heavy (non-hydrogen) atoms. The largest absolute Gasteiger partial charge is 0.477 e. The van der Waals surface area contributed by atoms with E-state index >= 15 is 0 Å². The maximum Gasteiger partial charge on any atom is 0.352 e. The quantitative estimate of drug-likeness (QED) is 0.103. The topological polar surface area (TPSA) is 219 Å². The fourth-order valence-corrected chi connectivity index (χ4v) is 6.52. The number of anilines is 1. The highest BCUT2D eigenvalue weighted by Crippen LogP contribution is 2.41.